The van der Waals surface area contributed by atoms with E-state index >= 15 is 0 Å². The summed E-state index contributed by atoms with van der Waals surface area (Å²) in [5.74, 6) is -2.89. The van der Waals surface area contributed by atoms with Crippen LogP contribution in [0.5, 0.6) is 0 Å². The van der Waals surface area contributed by atoms with Gasteiger partial charge in [-0.25, -0.2) is 27.6 Å². The molecule has 0 saturated carbocycles. The number of carboxylic acid groups (broad SMARTS) is 1. The fraction of sp³-hybridized carbons (Fsp3) is 0.217. The quantitative estimate of drug-likeness (QED) is 0.378. The van der Waals surface area contributed by atoms with Gasteiger partial charge in [-0.15, -0.1) is 0 Å². The van der Waals surface area contributed by atoms with Crippen molar-refractivity contribution in [1.82, 2.24) is 20.3 Å². The summed E-state index contributed by atoms with van der Waals surface area (Å²) in [5, 5.41) is 14.1. The number of hydrogen-bond acceptors (Lipinski definition) is 7. The van der Waals surface area contributed by atoms with Crippen LogP contribution in [0.4, 0.5) is 10.1 Å². The molecule has 1 saturated heterocycles. The molecule has 3 unspecified atom stereocenters. The molecule has 1 aliphatic heterocycles. The molecule has 5 rings (SSSR count). The SMILES string of the molecule is O=C(O)C1=CC2C(C=C1)C(Nc1c[nH]c3c(C(=O)NCc4ccc(F)c(Cl)c4)ncnc13)CS2(=O)=O. The first-order valence-electron chi connectivity index (χ1n) is 10.8. The number of aromatic nitrogens is 3. The highest BCUT2D eigenvalue weighted by atomic mass is 35.5. The number of rotatable bonds is 6. The average Bonchev–Trinajstić information content (AvgIpc) is 3.37. The number of aliphatic carboxylic acids is 1. The van der Waals surface area contributed by atoms with Crippen LogP contribution in [-0.4, -0.2) is 57.4 Å². The molecular weight excluding hydrogens is 513 g/mol. The minimum absolute atomic E-state index is 0.0510. The van der Waals surface area contributed by atoms with E-state index in [1.165, 1.54) is 36.7 Å². The van der Waals surface area contributed by atoms with Crippen LogP contribution >= 0.6 is 11.6 Å². The number of carbonyl (C=O) groups is 2. The summed E-state index contributed by atoms with van der Waals surface area (Å²) in [5.41, 5.74) is 1.84. The third-order valence-corrected chi connectivity index (χ3v) is 8.61. The number of carbonyl (C=O) groups excluding carboxylic acids is 1. The van der Waals surface area contributed by atoms with E-state index in [0.717, 1.165) is 0 Å². The van der Waals surface area contributed by atoms with Crippen molar-refractivity contribution in [2.24, 2.45) is 5.92 Å². The molecule has 1 aliphatic carbocycles. The molecule has 2 aromatic heterocycles. The smallest absolute Gasteiger partial charge is 0.335 e. The number of nitrogens with one attached hydrogen (secondary N) is 3. The lowest BCUT2D eigenvalue weighted by Crippen LogP contribution is -2.30. The van der Waals surface area contributed by atoms with Gasteiger partial charge in [0.05, 0.1) is 32.8 Å². The van der Waals surface area contributed by atoms with E-state index in [0.29, 0.717) is 22.3 Å². The molecule has 36 heavy (non-hydrogen) atoms. The monoisotopic (exact) mass is 531 g/mol. The minimum atomic E-state index is -3.57. The van der Waals surface area contributed by atoms with Crippen LogP contribution in [0.25, 0.3) is 11.0 Å². The third-order valence-electron chi connectivity index (χ3n) is 6.22. The van der Waals surface area contributed by atoms with Crippen molar-refractivity contribution in [3.05, 3.63) is 76.6 Å². The van der Waals surface area contributed by atoms with Crippen LogP contribution in [0.2, 0.25) is 5.02 Å². The molecule has 2 aliphatic rings. The Bertz CT molecular complexity index is 1570. The molecule has 0 radical (unpaired) electrons. The van der Waals surface area contributed by atoms with Crippen LogP contribution in [0.15, 0.2) is 54.5 Å². The molecule has 4 N–H and O–H groups in total. The molecule has 186 valence electrons. The maximum atomic E-state index is 13.4. The fourth-order valence-corrected chi connectivity index (χ4v) is 6.81. The van der Waals surface area contributed by atoms with Gasteiger partial charge >= 0.3 is 5.97 Å². The van der Waals surface area contributed by atoms with E-state index in [2.05, 4.69) is 25.6 Å². The Balaban J connectivity index is 1.36. The van der Waals surface area contributed by atoms with Crippen molar-refractivity contribution in [2.75, 3.05) is 11.1 Å². The van der Waals surface area contributed by atoms with Gasteiger partial charge in [-0.2, -0.15) is 0 Å². The fourth-order valence-electron chi connectivity index (χ4n) is 4.46. The third kappa shape index (κ3) is 4.33. The number of carboxylic acids is 1. The van der Waals surface area contributed by atoms with Gasteiger partial charge in [-0.3, -0.25) is 4.79 Å². The zero-order valence-corrected chi connectivity index (χ0v) is 20.0. The minimum Gasteiger partial charge on any atom is -0.478 e. The normalized spacial score (nSPS) is 22.2. The number of hydrogen-bond donors (Lipinski definition) is 4. The van der Waals surface area contributed by atoms with Crippen LogP contribution in [0.1, 0.15) is 16.1 Å². The summed E-state index contributed by atoms with van der Waals surface area (Å²) in [4.78, 5) is 35.4. The van der Waals surface area contributed by atoms with E-state index in [9.17, 15) is 27.5 Å². The van der Waals surface area contributed by atoms with Crippen LogP contribution < -0.4 is 10.6 Å². The molecule has 3 atom stereocenters. The Morgan fingerprint density at radius 1 is 1.28 bits per heavy atom. The number of aromatic amines is 1. The van der Waals surface area contributed by atoms with Crippen LogP contribution in [-0.2, 0) is 21.2 Å². The predicted molar refractivity (Wildman–Crippen MR) is 130 cm³/mol. The number of fused-ring (bicyclic) bond motifs is 2. The summed E-state index contributed by atoms with van der Waals surface area (Å²) >= 11 is 5.79. The number of amides is 1. The molecule has 10 nitrogen and oxygen atoms in total. The summed E-state index contributed by atoms with van der Waals surface area (Å²) in [6.07, 6.45) is 7.08. The van der Waals surface area contributed by atoms with Crippen molar-refractivity contribution in [1.29, 1.82) is 0 Å². The second-order valence-corrected chi connectivity index (χ2v) is 11.1. The number of benzene rings is 1. The number of H-pyrrole nitrogens is 1. The second kappa shape index (κ2) is 9.03. The lowest BCUT2D eigenvalue weighted by molar-refractivity contribution is -0.132. The molecule has 3 aromatic rings. The number of anilines is 1. The lowest BCUT2D eigenvalue weighted by atomic mass is 9.91. The number of halogens is 2. The Hall–Kier alpha value is -3.77. The molecule has 3 heterocycles. The summed E-state index contributed by atoms with van der Waals surface area (Å²) in [6.45, 7) is 0.0946. The highest BCUT2D eigenvalue weighted by molar-refractivity contribution is 7.92. The van der Waals surface area contributed by atoms with Crippen molar-refractivity contribution < 1.29 is 27.5 Å². The molecule has 1 amide bonds. The number of nitrogens with zero attached hydrogens (tertiary/aromatic N) is 2. The zero-order valence-electron chi connectivity index (χ0n) is 18.4. The Morgan fingerprint density at radius 2 is 2.08 bits per heavy atom. The van der Waals surface area contributed by atoms with Gasteiger partial charge in [0.1, 0.15) is 17.7 Å². The Morgan fingerprint density at radius 3 is 2.83 bits per heavy atom. The summed E-state index contributed by atoms with van der Waals surface area (Å²) in [7, 11) is -3.57. The topological polar surface area (TPSA) is 154 Å². The van der Waals surface area contributed by atoms with E-state index in [4.69, 9.17) is 11.6 Å². The first kappa shape index (κ1) is 23.9. The van der Waals surface area contributed by atoms with Crippen molar-refractivity contribution in [3.63, 3.8) is 0 Å². The van der Waals surface area contributed by atoms with Gasteiger partial charge < -0.3 is 20.7 Å². The van der Waals surface area contributed by atoms with Crippen molar-refractivity contribution >= 4 is 50.0 Å². The van der Waals surface area contributed by atoms with Crippen LogP contribution in [0.3, 0.4) is 0 Å². The van der Waals surface area contributed by atoms with Crippen LogP contribution in [0, 0.1) is 11.7 Å². The van der Waals surface area contributed by atoms with Gasteiger partial charge in [-0.1, -0.05) is 35.9 Å². The summed E-state index contributed by atoms with van der Waals surface area (Å²) in [6, 6.07) is 3.60. The van der Waals surface area contributed by atoms with E-state index < -0.39 is 44.7 Å². The van der Waals surface area contributed by atoms with Crippen molar-refractivity contribution in [2.45, 2.75) is 17.8 Å². The molecule has 0 bridgehead atoms. The van der Waals surface area contributed by atoms with E-state index in [-0.39, 0.29) is 28.6 Å². The molecule has 0 spiro atoms. The van der Waals surface area contributed by atoms with Gasteiger partial charge in [0.25, 0.3) is 5.91 Å². The zero-order chi connectivity index (χ0) is 25.6. The van der Waals surface area contributed by atoms with Gasteiger partial charge in [0, 0.05) is 24.7 Å². The van der Waals surface area contributed by atoms with Gasteiger partial charge in [0.15, 0.2) is 15.5 Å². The molecular formula is C23H19ClFN5O5S. The van der Waals surface area contributed by atoms with Gasteiger partial charge in [-0.05, 0) is 17.7 Å². The Labute approximate surface area is 209 Å². The lowest BCUT2D eigenvalue weighted by Gasteiger charge is -2.22. The highest BCUT2D eigenvalue weighted by Crippen LogP contribution is 2.36. The summed E-state index contributed by atoms with van der Waals surface area (Å²) < 4.78 is 38.8. The first-order valence-corrected chi connectivity index (χ1v) is 12.9. The van der Waals surface area contributed by atoms with E-state index in [1.54, 1.807) is 12.3 Å². The Kier molecular flexibility index (Phi) is 6.00. The molecule has 1 aromatic carbocycles. The first-order chi connectivity index (χ1) is 17.1. The predicted octanol–water partition coefficient (Wildman–Crippen LogP) is 2.45. The molecule has 13 heteroatoms. The maximum Gasteiger partial charge on any atom is 0.335 e. The van der Waals surface area contributed by atoms with Crippen molar-refractivity contribution in [3.8, 4) is 0 Å². The highest BCUT2D eigenvalue weighted by Gasteiger charge is 2.46. The second-order valence-electron chi connectivity index (χ2n) is 8.49. The maximum absolute atomic E-state index is 13.4. The van der Waals surface area contributed by atoms with E-state index in [1.807, 2.05) is 0 Å². The number of sulfone groups is 1. The largest absolute Gasteiger partial charge is 0.478 e. The standard InChI is InChI=1S/C23H19ClFN5O5S/c24-14-5-11(1-4-15(14)25)7-27-22(31)21-20-19(28-10-29-21)16(8-26-20)30-17-9-36(34,35)18-6-12(23(32)33)2-3-13(17)18/h1-6,8,10,13,17-18,26,30H,7,9H2,(H,27,31)(H,32,33). The van der Waals surface area contributed by atoms with Gasteiger partial charge in [0.2, 0.25) is 0 Å². The average molecular weight is 532 g/mol. The molecule has 1 fully saturated rings.